The second kappa shape index (κ2) is 9.44. The van der Waals surface area contributed by atoms with E-state index in [0.29, 0.717) is 16.9 Å². The number of ether oxygens (including phenoxy) is 1. The Kier molecular flexibility index (Phi) is 6.56. The van der Waals surface area contributed by atoms with Crippen LogP contribution in [0.15, 0.2) is 72.8 Å². The van der Waals surface area contributed by atoms with Crippen molar-refractivity contribution in [3.05, 3.63) is 101 Å². The molecule has 0 aromatic heterocycles. The lowest BCUT2D eigenvalue weighted by molar-refractivity contribution is -0.137. The van der Waals surface area contributed by atoms with Crippen LogP contribution in [0.4, 0.5) is 13.2 Å². The predicted octanol–water partition coefficient (Wildman–Crippen LogP) is 4.99. The molecule has 1 atom stereocenters. The van der Waals surface area contributed by atoms with Gasteiger partial charge in [-0.1, -0.05) is 42.5 Å². The van der Waals surface area contributed by atoms with Crippen molar-refractivity contribution >= 4 is 11.8 Å². The number of nitrogens with one attached hydrogen (secondary N) is 1. The van der Waals surface area contributed by atoms with E-state index < -0.39 is 29.1 Å². The zero-order valence-corrected chi connectivity index (χ0v) is 19.4. The summed E-state index contributed by atoms with van der Waals surface area (Å²) in [5.74, 6) is -0.144. The summed E-state index contributed by atoms with van der Waals surface area (Å²) in [6.45, 7) is 1.72. The molecule has 0 spiro atoms. The normalized spacial score (nSPS) is 17.6. The number of hydrogen-bond acceptors (Lipinski definition) is 3. The summed E-state index contributed by atoms with van der Waals surface area (Å²) in [6, 6.07) is 19.1. The molecule has 0 saturated carbocycles. The number of benzene rings is 3. The van der Waals surface area contributed by atoms with Gasteiger partial charge >= 0.3 is 6.18 Å². The fourth-order valence-corrected chi connectivity index (χ4v) is 4.35. The summed E-state index contributed by atoms with van der Waals surface area (Å²) < 4.78 is 45.0. The summed E-state index contributed by atoms with van der Waals surface area (Å²) in [5, 5.41) is 2.89. The highest BCUT2D eigenvalue weighted by Crippen LogP contribution is 2.34. The number of nitrogens with zero attached hydrogens (tertiary/aromatic N) is 1. The van der Waals surface area contributed by atoms with Crippen molar-refractivity contribution in [3.8, 4) is 5.75 Å². The number of carbonyl (C=O) groups excluding carboxylic acids is 2. The molecule has 35 heavy (non-hydrogen) atoms. The second-order valence-electron chi connectivity index (χ2n) is 8.73. The monoisotopic (exact) mass is 482 g/mol. The minimum Gasteiger partial charge on any atom is -0.497 e. The van der Waals surface area contributed by atoms with Crippen molar-refractivity contribution in [2.75, 3.05) is 7.11 Å². The molecule has 5 nitrogen and oxygen atoms in total. The first kappa shape index (κ1) is 24.3. The van der Waals surface area contributed by atoms with Crippen molar-refractivity contribution in [2.24, 2.45) is 0 Å². The summed E-state index contributed by atoms with van der Waals surface area (Å²) in [7, 11) is 1.55. The number of hydrogen-bond donors (Lipinski definition) is 1. The largest absolute Gasteiger partial charge is 0.497 e. The Hall–Kier alpha value is -3.81. The molecule has 1 N–H and O–H groups in total. The van der Waals surface area contributed by atoms with Gasteiger partial charge < -0.3 is 15.0 Å². The number of methoxy groups -OCH3 is 1. The van der Waals surface area contributed by atoms with Crippen LogP contribution < -0.4 is 10.1 Å². The molecule has 0 saturated heterocycles. The zero-order chi connectivity index (χ0) is 25.2. The Bertz CT molecular complexity index is 1260. The van der Waals surface area contributed by atoms with Crippen molar-refractivity contribution in [3.63, 3.8) is 0 Å². The van der Waals surface area contributed by atoms with E-state index >= 15 is 0 Å². The highest BCUT2D eigenvalue weighted by molar-refractivity contribution is 6.02. The maximum atomic E-state index is 13.5. The number of halogens is 3. The van der Waals surface area contributed by atoms with Crippen LogP contribution in [0.25, 0.3) is 0 Å². The molecule has 182 valence electrons. The third-order valence-electron chi connectivity index (χ3n) is 6.29. The van der Waals surface area contributed by atoms with Gasteiger partial charge in [0.05, 0.1) is 12.7 Å². The van der Waals surface area contributed by atoms with Crippen molar-refractivity contribution in [1.82, 2.24) is 10.2 Å². The van der Waals surface area contributed by atoms with Crippen molar-refractivity contribution in [2.45, 2.75) is 38.1 Å². The number of fused-ring (bicyclic) bond motifs is 1. The number of carbonyl (C=O) groups is 2. The predicted molar refractivity (Wildman–Crippen MR) is 125 cm³/mol. The minimum atomic E-state index is -4.51. The molecular weight excluding hydrogens is 457 g/mol. The molecule has 1 heterocycles. The van der Waals surface area contributed by atoms with E-state index in [9.17, 15) is 22.8 Å². The van der Waals surface area contributed by atoms with Crippen LogP contribution in [0.3, 0.4) is 0 Å². The highest BCUT2D eigenvalue weighted by atomic mass is 19.4. The van der Waals surface area contributed by atoms with Crippen LogP contribution in [0, 0.1) is 0 Å². The van der Waals surface area contributed by atoms with Gasteiger partial charge in [0.25, 0.3) is 5.91 Å². The molecule has 4 rings (SSSR count). The van der Waals surface area contributed by atoms with Crippen LogP contribution in [0.5, 0.6) is 5.75 Å². The maximum absolute atomic E-state index is 13.5. The molecule has 0 unspecified atom stereocenters. The Morgan fingerprint density at radius 2 is 1.74 bits per heavy atom. The van der Waals surface area contributed by atoms with E-state index in [1.54, 1.807) is 50.4 Å². The van der Waals surface area contributed by atoms with Gasteiger partial charge in [0.15, 0.2) is 0 Å². The van der Waals surface area contributed by atoms with Gasteiger partial charge in [0, 0.05) is 25.1 Å². The Balaban J connectivity index is 1.65. The molecule has 0 bridgehead atoms. The zero-order valence-electron chi connectivity index (χ0n) is 19.4. The molecule has 8 heteroatoms. The smallest absolute Gasteiger partial charge is 0.416 e. The molecule has 1 aliphatic heterocycles. The Morgan fingerprint density at radius 3 is 2.49 bits per heavy atom. The molecule has 1 aliphatic rings. The maximum Gasteiger partial charge on any atom is 0.416 e. The van der Waals surface area contributed by atoms with E-state index in [1.165, 1.54) is 17.0 Å². The van der Waals surface area contributed by atoms with Crippen LogP contribution in [-0.4, -0.2) is 29.4 Å². The van der Waals surface area contributed by atoms with Gasteiger partial charge in [-0.05, 0) is 53.9 Å². The van der Waals surface area contributed by atoms with Gasteiger partial charge in [-0.25, -0.2) is 0 Å². The summed E-state index contributed by atoms with van der Waals surface area (Å²) in [6.07, 6.45) is -4.27. The molecule has 0 aliphatic carbocycles. The Morgan fingerprint density at radius 1 is 1.03 bits per heavy atom. The molecule has 0 radical (unpaired) electrons. The van der Waals surface area contributed by atoms with Crippen LogP contribution in [-0.2, 0) is 30.5 Å². The quantitative estimate of drug-likeness (QED) is 0.539. The third-order valence-corrected chi connectivity index (χ3v) is 6.29. The van der Waals surface area contributed by atoms with Gasteiger partial charge in [-0.2, -0.15) is 13.2 Å². The third kappa shape index (κ3) is 5.01. The summed E-state index contributed by atoms with van der Waals surface area (Å²) >= 11 is 0. The second-order valence-corrected chi connectivity index (χ2v) is 8.73. The number of alkyl halides is 3. The Labute approximate surface area is 201 Å². The van der Waals surface area contributed by atoms with Crippen LogP contribution in [0.1, 0.15) is 39.5 Å². The van der Waals surface area contributed by atoms with Crippen LogP contribution >= 0.6 is 0 Å². The first-order valence-electron chi connectivity index (χ1n) is 11.1. The van der Waals surface area contributed by atoms with Gasteiger partial charge in [0.1, 0.15) is 11.3 Å². The average Bonchev–Trinajstić information content (AvgIpc) is 2.85. The van der Waals surface area contributed by atoms with Crippen molar-refractivity contribution in [1.29, 1.82) is 0 Å². The lowest BCUT2D eigenvalue weighted by Gasteiger charge is -2.44. The number of rotatable bonds is 6. The fraction of sp³-hybridized carbons (Fsp3) is 0.259. The molecule has 3 aromatic rings. The molecule has 3 aromatic carbocycles. The van der Waals surface area contributed by atoms with E-state index in [1.807, 2.05) is 12.1 Å². The lowest BCUT2D eigenvalue weighted by atomic mass is 9.82. The van der Waals surface area contributed by atoms with Crippen molar-refractivity contribution < 1.29 is 27.5 Å². The molecule has 0 fully saturated rings. The summed E-state index contributed by atoms with van der Waals surface area (Å²) in [5.41, 5.74) is 0.157. The highest BCUT2D eigenvalue weighted by Gasteiger charge is 2.46. The van der Waals surface area contributed by atoms with E-state index in [4.69, 9.17) is 4.74 Å². The average molecular weight is 483 g/mol. The first-order chi connectivity index (χ1) is 16.6. The van der Waals surface area contributed by atoms with E-state index in [0.717, 1.165) is 23.3 Å². The number of amides is 2. The molecular formula is C27H25F3N2O3. The standard InChI is InChI=1S/C27H25F3N2O3/c1-26(25(34)31-16-18-7-6-11-22(14-18)35-2)15-20-9-3-4-12-23(20)24(33)32(26)17-19-8-5-10-21(13-19)27(28,29)30/h3-14H,15-17H2,1-2H3,(H,31,34)/t26-/m0/s1. The lowest BCUT2D eigenvalue weighted by Crippen LogP contribution is -2.62. The van der Waals surface area contributed by atoms with E-state index in [2.05, 4.69) is 5.32 Å². The minimum absolute atomic E-state index is 0.139. The van der Waals surface area contributed by atoms with Gasteiger partial charge in [-0.3, -0.25) is 9.59 Å². The van der Waals surface area contributed by atoms with Gasteiger partial charge in [0.2, 0.25) is 5.91 Å². The van der Waals surface area contributed by atoms with E-state index in [-0.39, 0.29) is 19.5 Å². The SMILES string of the molecule is COc1cccc(CNC(=O)[C@]2(C)Cc3ccccc3C(=O)N2Cc2cccc(C(F)(F)F)c2)c1. The fourth-order valence-electron chi connectivity index (χ4n) is 4.35. The van der Waals surface area contributed by atoms with Crippen LogP contribution in [0.2, 0.25) is 0 Å². The summed E-state index contributed by atoms with van der Waals surface area (Å²) in [4.78, 5) is 28.4. The topological polar surface area (TPSA) is 58.6 Å². The van der Waals surface area contributed by atoms with Gasteiger partial charge in [-0.15, -0.1) is 0 Å². The first-order valence-corrected chi connectivity index (χ1v) is 11.1. The molecule has 2 amide bonds.